The lowest BCUT2D eigenvalue weighted by Gasteiger charge is -2.16. The Morgan fingerprint density at radius 3 is 2.47 bits per heavy atom. The Kier molecular flexibility index (Phi) is 5.08. The first-order valence-corrected chi connectivity index (χ1v) is 7.52. The fourth-order valence-corrected chi connectivity index (χ4v) is 3.02. The van der Waals surface area contributed by atoms with Crippen molar-refractivity contribution in [3.63, 3.8) is 0 Å². The molecule has 0 bridgehead atoms. The fraction of sp³-hybridized carbons (Fsp3) is 0.462. The lowest BCUT2D eigenvalue weighted by atomic mass is 10.1. The van der Waals surface area contributed by atoms with Crippen LogP contribution in [0.2, 0.25) is 0 Å². The molecule has 0 amide bonds. The molecule has 1 aromatic rings. The number of aryl methyl sites for hydroxylation is 1. The van der Waals surface area contributed by atoms with Crippen LogP contribution in [0, 0.1) is 12.8 Å². The van der Waals surface area contributed by atoms with Crippen molar-refractivity contribution in [1.29, 1.82) is 0 Å². The van der Waals surface area contributed by atoms with E-state index in [2.05, 4.69) is 4.72 Å². The summed E-state index contributed by atoms with van der Waals surface area (Å²) in [5.74, 6) is -1.08. The molecule has 1 atom stereocenters. The number of sulfonamides is 1. The van der Waals surface area contributed by atoms with Gasteiger partial charge in [-0.05, 0) is 37.0 Å². The minimum absolute atomic E-state index is 0.0845. The Hall–Kier alpha value is -1.40. The highest BCUT2D eigenvalue weighted by Gasteiger charge is 2.25. The molecule has 1 rings (SSSR count). The van der Waals surface area contributed by atoms with Gasteiger partial charge in [0.15, 0.2) is 0 Å². The van der Waals surface area contributed by atoms with Crippen LogP contribution in [0.4, 0.5) is 0 Å². The third-order valence-corrected chi connectivity index (χ3v) is 4.07. The van der Waals surface area contributed by atoms with Crippen LogP contribution >= 0.6 is 0 Å². The molecule has 106 valence electrons. The van der Waals surface area contributed by atoms with Crippen molar-refractivity contribution in [1.82, 2.24) is 4.72 Å². The molecular formula is C13H19NO4S. The third kappa shape index (κ3) is 4.65. The van der Waals surface area contributed by atoms with E-state index in [0.29, 0.717) is 0 Å². The quantitative estimate of drug-likeness (QED) is 0.834. The van der Waals surface area contributed by atoms with Gasteiger partial charge in [-0.3, -0.25) is 4.79 Å². The number of benzene rings is 1. The van der Waals surface area contributed by atoms with E-state index in [-0.39, 0.29) is 17.2 Å². The molecule has 0 aromatic heterocycles. The van der Waals surface area contributed by atoms with E-state index in [1.54, 1.807) is 19.1 Å². The second-order valence-corrected chi connectivity index (χ2v) is 6.67. The van der Waals surface area contributed by atoms with E-state index < -0.39 is 22.0 Å². The van der Waals surface area contributed by atoms with E-state index in [0.717, 1.165) is 5.56 Å². The van der Waals surface area contributed by atoms with Crippen molar-refractivity contribution < 1.29 is 18.3 Å². The summed E-state index contributed by atoms with van der Waals surface area (Å²) in [5, 5.41) is 9.06. The molecule has 2 N–H and O–H groups in total. The number of carboxylic acids is 1. The van der Waals surface area contributed by atoms with Gasteiger partial charge in [-0.15, -0.1) is 0 Å². The maximum Gasteiger partial charge on any atom is 0.321 e. The van der Waals surface area contributed by atoms with Crippen LogP contribution in [-0.4, -0.2) is 25.5 Å². The largest absolute Gasteiger partial charge is 0.480 e. The Morgan fingerprint density at radius 2 is 2.00 bits per heavy atom. The van der Waals surface area contributed by atoms with Gasteiger partial charge in [0.05, 0.1) is 4.90 Å². The van der Waals surface area contributed by atoms with Crippen molar-refractivity contribution >= 4 is 16.0 Å². The van der Waals surface area contributed by atoms with E-state index in [1.165, 1.54) is 12.1 Å². The number of carboxylic acid groups (broad SMARTS) is 1. The Labute approximate surface area is 113 Å². The number of rotatable bonds is 6. The number of aliphatic carboxylic acids is 1. The van der Waals surface area contributed by atoms with E-state index >= 15 is 0 Å². The van der Waals surface area contributed by atoms with Crippen LogP contribution in [0.15, 0.2) is 29.2 Å². The van der Waals surface area contributed by atoms with Crippen LogP contribution in [-0.2, 0) is 14.8 Å². The predicted octanol–water partition coefficient (Wildman–Crippen LogP) is 1.77. The molecule has 0 heterocycles. The predicted molar refractivity (Wildman–Crippen MR) is 72.4 cm³/mol. The van der Waals surface area contributed by atoms with Gasteiger partial charge in [0, 0.05) is 0 Å². The molecule has 0 aliphatic rings. The third-order valence-electron chi connectivity index (χ3n) is 2.60. The van der Waals surface area contributed by atoms with Crippen LogP contribution in [0.1, 0.15) is 25.8 Å². The SMILES string of the molecule is Cc1cccc(S(=O)(=O)N[C@H](CC(C)C)C(=O)O)c1. The maximum atomic E-state index is 12.1. The van der Waals surface area contributed by atoms with Crippen molar-refractivity contribution in [3.05, 3.63) is 29.8 Å². The molecule has 0 aliphatic carbocycles. The average molecular weight is 285 g/mol. The van der Waals surface area contributed by atoms with E-state index in [1.807, 2.05) is 13.8 Å². The molecule has 1 aromatic carbocycles. The zero-order chi connectivity index (χ0) is 14.6. The van der Waals surface area contributed by atoms with Crippen molar-refractivity contribution in [3.8, 4) is 0 Å². The zero-order valence-electron chi connectivity index (χ0n) is 11.3. The zero-order valence-corrected chi connectivity index (χ0v) is 12.1. The van der Waals surface area contributed by atoms with Crippen LogP contribution < -0.4 is 4.72 Å². The highest BCUT2D eigenvalue weighted by atomic mass is 32.2. The molecule has 0 unspecified atom stereocenters. The molecule has 0 fully saturated rings. The fourth-order valence-electron chi connectivity index (χ4n) is 1.71. The Morgan fingerprint density at radius 1 is 1.37 bits per heavy atom. The van der Waals surface area contributed by atoms with Crippen LogP contribution in [0.25, 0.3) is 0 Å². The molecular weight excluding hydrogens is 266 g/mol. The summed E-state index contributed by atoms with van der Waals surface area (Å²) in [7, 11) is -3.80. The number of nitrogens with one attached hydrogen (secondary N) is 1. The van der Waals surface area contributed by atoms with Crippen molar-refractivity contribution in [2.75, 3.05) is 0 Å². The summed E-state index contributed by atoms with van der Waals surface area (Å²) in [5.41, 5.74) is 0.804. The van der Waals surface area contributed by atoms with E-state index in [9.17, 15) is 13.2 Å². The highest BCUT2D eigenvalue weighted by molar-refractivity contribution is 7.89. The monoisotopic (exact) mass is 285 g/mol. The summed E-state index contributed by atoms with van der Waals surface area (Å²) < 4.78 is 26.5. The van der Waals surface area contributed by atoms with E-state index in [4.69, 9.17) is 5.11 Å². The lowest BCUT2D eigenvalue weighted by molar-refractivity contribution is -0.139. The molecule has 0 saturated heterocycles. The second-order valence-electron chi connectivity index (χ2n) is 4.96. The average Bonchev–Trinajstić information content (AvgIpc) is 2.27. The summed E-state index contributed by atoms with van der Waals surface area (Å²) in [4.78, 5) is 11.2. The van der Waals surface area contributed by atoms with Crippen molar-refractivity contribution in [2.45, 2.75) is 38.1 Å². The summed E-state index contributed by atoms with van der Waals surface area (Å²) >= 11 is 0. The molecule has 6 heteroatoms. The number of carbonyl (C=O) groups is 1. The normalized spacial score (nSPS) is 13.5. The summed E-state index contributed by atoms with van der Waals surface area (Å²) in [6.45, 7) is 5.47. The van der Waals surface area contributed by atoms with Crippen LogP contribution in [0.3, 0.4) is 0 Å². The summed E-state index contributed by atoms with van der Waals surface area (Å²) in [6, 6.07) is 5.26. The minimum atomic E-state index is -3.80. The van der Waals surface area contributed by atoms with Gasteiger partial charge < -0.3 is 5.11 Å². The van der Waals surface area contributed by atoms with Crippen LogP contribution in [0.5, 0.6) is 0 Å². The molecule has 5 nitrogen and oxygen atoms in total. The Bertz CT molecular complexity index is 552. The molecule has 0 spiro atoms. The molecule has 0 saturated carbocycles. The highest BCUT2D eigenvalue weighted by Crippen LogP contribution is 2.13. The number of hydrogen-bond acceptors (Lipinski definition) is 3. The van der Waals surface area contributed by atoms with Gasteiger partial charge in [-0.1, -0.05) is 26.0 Å². The first kappa shape index (κ1) is 15.7. The van der Waals surface area contributed by atoms with Gasteiger partial charge in [0.25, 0.3) is 0 Å². The van der Waals surface area contributed by atoms with Gasteiger partial charge in [-0.2, -0.15) is 4.72 Å². The topological polar surface area (TPSA) is 83.5 Å². The first-order valence-electron chi connectivity index (χ1n) is 6.04. The number of hydrogen-bond donors (Lipinski definition) is 2. The molecule has 0 radical (unpaired) electrons. The standard InChI is InChI=1S/C13H19NO4S/c1-9(2)7-12(13(15)16)14-19(17,18)11-6-4-5-10(3)8-11/h4-6,8-9,12,14H,7H2,1-3H3,(H,15,16)/t12-/m1/s1. The Balaban J connectivity index is 2.97. The lowest BCUT2D eigenvalue weighted by Crippen LogP contribution is -2.41. The molecule has 19 heavy (non-hydrogen) atoms. The van der Waals surface area contributed by atoms with Gasteiger partial charge >= 0.3 is 5.97 Å². The first-order chi connectivity index (χ1) is 8.72. The van der Waals surface area contributed by atoms with Crippen molar-refractivity contribution in [2.24, 2.45) is 5.92 Å². The minimum Gasteiger partial charge on any atom is -0.480 e. The smallest absolute Gasteiger partial charge is 0.321 e. The van der Waals surface area contributed by atoms with Gasteiger partial charge in [-0.25, -0.2) is 8.42 Å². The maximum absolute atomic E-state index is 12.1. The van der Waals surface area contributed by atoms with Gasteiger partial charge in [0.1, 0.15) is 6.04 Å². The second kappa shape index (κ2) is 6.16. The summed E-state index contributed by atoms with van der Waals surface area (Å²) in [6.07, 6.45) is 0.250. The van der Waals surface area contributed by atoms with Gasteiger partial charge in [0.2, 0.25) is 10.0 Å². The molecule has 0 aliphatic heterocycles.